The first-order chi connectivity index (χ1) is 14.6. The summed E-state index contributed by atoms with van der Waals surface area (Å²) < 4.78 is 0. The molecular weight excluding hydrogens is 416 g/mol. The van der Waals surface area contributed by atoms with Crippen molar-refractivity contribution >= 4 is 40.9 Å². The number of hydrogen-bond acceptors (Lipinski definition) is 3. The largest absolute Gasteiger partial charge is 0.311 e. The molecule has 1 unspecified atom stereocenters. The lowest BCUT2D eigenvalue weighted by molar-refractivity contribution is -0.123. The molecule has 6 heteroatoms. The zero-order valence-corrected chi connectivity index (χ0v) is 17.7. The van der Waals surface area contributed by atoms with Gasteiger partial charge in [-0.2, -0.15) is 0 Å². The first kappa shape index (κ1) is 19.2. The Morgan fingerprint density at radius 1 is 1.00 bits per heavy atom. The molecule has 0 saturated carbocycles. The highest BCUT2D eigenvalue weighted by Crippen LogP contribution is 2.54. The van der Waals surface area contributed by atoms with E-state index in [9.17, 15) is 9.59 Å². The summed E-state index contributed by atoms with van der Waals surface area (Å²) in [4.78, 5) is 29.8. The minimum atomic E-state index is -1.04. The van der Waals surface area contributed by atoms with Gasteiger partial charge in [-0.15, -0.1) is 11.8 Å². The van der Waals surface area contributed by atoms with Gasteiger partial charge in [-0.1, -0.05) is 66.2 Å². The van der Waals surface area contributed by atoms with Gasteiger partial charge in [0.25, 0.3) is 11.8 Å². The maximum Gasteiger partial charge on any atom is 0.268 e. The molecule has 2 amide bonds. The van der Waals surface area contributed by atoms with Crippen molar-refractivity contribution in [1.29, 1.82) is 0 Å². The fraction of sp³-hybridized carbons (Fsp3) is 0.167. The second kappa shape index (κ2) is 7.49. The standard InChI is InChI=1S/C24H19ClN2O2S/c25-19-10-6-9-18(15-19)22(28)27-13-14-30-24(27)20-11-4-5-12-21(20)26(23(24)29)16-17-7-2-1-3-8-17/h1-12,15H,13-14,16H2. The van der Waals surface area contributed by atoms with Crippen LogP contribution in [0.5, 0.6) is 0 Å². The van der Waals surface area contributed by atoms with E-state index < -0.39 is 4.87 Å². The van der Waals surface area contributed by atoms with E-state index in [0.29, 0.717) is 29.4 Å². The number of anilines is 1. The molecular formula is C24H19ClN2O2S. The molecule has 0 aromatic heterocycles. The van der Waals surface area contributed by atoms with Gasteiger partial charge in [-0.05, 0) is 29.8 Å². The molecule has 3 aromatic carbocycles. The average Bonchev–Trinajstić information content (AvgIpc) is 3.31. The van der Waals surface area contributed by atoms with Crippen molar-refractivity contribution in [3.8, 4) is 0 Å². The van der Waals surface area contributed by atoms with Gasteiger partial charge in [-0.25, -0.2) is 0 Å². The van der Waals surface area contributed by atoms with Gasteiger partial charge in [0, 0.05) is 28.4 Å². The van der Waals surface area contributed by atoms with E-state index >= 15 is 0 Å². The highest BCUT2D eigenvalue weighted by Gasteiger charge is 2.59. The molecule has 1 atom stereocenters. The third-order valence-electron chi connectivity index (χ3n) is 5.60. The number of para-hydroxylation sites is 1. The molecule has 4 nitrogen and oxygen atoms in total. The van der Waals surface area contributed by atoms with Crippen molar-refractivity contribution in [2.24, 2.45) is 0 Å². The van der Waals surface area contributed by atoms with Crippen molar-refractivity contribution in [2.75, 3.05) is 17.2 Å². The molecule has 5 rings (SSSR count). The summed E-state index contributed by atoms with van der Waals surface area (Å²) >= 11 is 7.65. The van der Waals surface area contributed by atoms with Crippen LogP contribution in [0.4, 0.5) is 5.69 Å². The van der Waals surface area contributed by atoms with Gasteiger partial charge in [0.2, 0.25) is 0 Å². The molecule has 1 saturated heterocycles. The predicted molar refractivity (Wildman–Crippen MR) is 121 cm³/mol. The molecule has 1 spiro atoms. The number of amides is 2. The number of fused-ring (bicyclic) bond motifs is 2. The topological polar surface area (TPSA) is 40.6 Å². The lowest BCUT2D eigenvalue weighted by atomic mass is 10.0. The van der Waals surface area contributed by atoms with E-state index in [4.69, 9.17) is 11.6 Å². The Bertz CT molecular complexity index is 1140. The molecule has 2 heterocycles. The summed E-state index contributed by atoms with van der Waals surface area (Å²) in [6, 6.07) is 24.6. The first-order valence-corrected chi connectivity index (χ1v) is 11.1. The van der Waals surface area contributed by atoms with Gasteiger partial charge in [0.15, 0.2) is 4.87 Å². The van der Waals surface area contributed by atoms with E-state index in [1.807, 2.05) is 54.6 Å². The Labute approximate surface area is 184 Å². The van der Waals surface area contributed by atoms with Crippen molar-refractivity contribution in [1.82, 2.24) is 4.90 Å². The van der Waals surface area contributed by atoms with Crippen LogP contribution in [0.2, 0.25) is 5.02 Å². The van der Waals surface area contributed by atoms with Crippen molar-refractivity contribution in [3.63, 3.8) is 0 Å². The third kappa shape index (κ3) is 2.92. The smallest absolute Gasteiger partial charge is 0.268 e. The fourth-order valence-electron chi connectivity index (χ4n) is 4.27. The molecule has 0 bridgehead atoms. The maximum atomic E-state index is 13.9. The van der Waals surface area contributed by atoms with Crippen LogP contribution in [0, 0.1) is 0 Å². The zero-order valence-electron chi connectivity index (χ0n) is 16.1. The zero-order chi connectivity index (χ0) is 20.7. The van der Waals surface area contributed by atoms with E-state index in [2.05, 4.69) is 0 Å². The molecule has 150 valence electrons. The van der Waals surface area contributed by atoms with Crippen LogP contribution in [0.25, 0.3) is 0 Å². The maximum absolute atomic E-state index is 13.9. The van der Waals surface area contributed by atoms with Crippen LogP contribution in [-0.4, -0.2) is 29.0 Å². The van der Waals surface area contributed by atoms with Crippen LogP contribution < -0.4 is 4.90 Å². The number of hydrogen-bond donors (Lipinski definition) is 0. The van der Waals surface area contributed by atoms with Crippen LogP contribution in [-0.2, 0) is 16.2 Å². The highest BCUT2D eigenvalue weighted by atomic mass is 35.5. The summed E-state index contributed by atoms with van der Waals surface area (Å²) in [5, 5.41) is 0.505. The van der Waals surface area contributed by atoms with Crippen LogP contribution in [0.15, 0.2) is 78.9 Å². The number of nitrogens with zero attached hydrogens (tertiary/aromatic N) is 2. The second-order valence-electron chi connectivity index (χ2n) is 7.35. The third-order valence-corrected chi connectivity index (χ3v) is 7.26. The molecule has 3 aromatic rings. The van der Waals surface area contributed by atoms with Crippen molar-refractivity contribution in [3.05, 3.63) is 101 Å². The van der Waals surface area contributed by atoms with E-state index in [-0.39, 0.29) is 11.8 Å². The number of halogens is 1. The Morgan fingerprint density at radius 3 is 2.57 bits per heavy atom. The summed E-state index contributed by atoms with van der Waals surface area (Å²) in [6.07, 6.45) is 0. The monoisotopic (exact) mass is 434 g/mol. The Kier molecular flexibility index (Phi) is 4.80. The number of carbonyl (C=O) groups excluding carboxylic acids is 2. The number of benzene rings is 3. The van der Waals surface area contributed by atoms with Gasteiger partial charge < -0.3 is 9.80 Å². The second-order valence-corrected chi connectivity index (χ2v) is 9.08. The Balaban J connectivity index is 1.58. The minimum Gasteiger partial charge on any atom is -0.311 e. The van der Waals surface area contributed by atoms with Crippen molar-refractivity contribution in [2.45, 2.75) is 11.4 Å². The Morgan fingerprint density at radius 2 is 1.77 bits per heavy atom. The molecule has 0 N–H and O–H groups in total. The van der Waals surface area contributed by atoms with Gasteiger partial charge >= 0.3 is 0 Å². The number of carbonyl (C=O) groups is 2. The Hall–Kier alpha value is -2.76. The van der Waals surface area contributed by atoms with Gasteiger partial charge in [-0.3, -0.25) is 9.59 Å². The van der Waals surface area contributed by atoms with Gasteiger partial charge in [0.05, 0.1) is 12.2 Å². The van der Waals surface area contributed by atoms with Crippen LogP contribution in [0.1, 0.15) is 21.5 Å². The average molecular weight is 435 g/mol. The minimum absolute atomic E-state index is 0.0644. The molecule has 0 radical (unpaired) electrons. The first-order valence-electron chi connectivity index (χ1n) is 9.78. The lowest BCUT2D eigenvalue weighted by Crippen LogP contribution is -2.50. The quantitative estimate of drug-likeness (QED) is 0.587. The summed E-state index contributed by atoms with van der Waals surface area (Å²) in [5.74, 6) is 0.462. The van der Waals surface area contributed by atoms with E-state index in [1.165, 1.54) is 11.8 Å². The lowest BCUT2D eigenvalue weighted by Gasteiger charge is -2.33. The molecule has 2 aliphatic heterocycles. The van der Waals surface area contributed by atoms with Gasteiger partial charge in [0.1, 0.15) is 0 Å². The van der Waals surface area contributed by atoms with Crippen molar-refractivity contribution < 1.29 is 9.59 Å². The summed E-state index contributed by atoms with van der Waals surface area (Å²) in [6.45, 7) is 0.980. The SMILES string of the molecule is O=C(c1cccc(Cl)c1)N1CCSC12C(=O)N(Cc1ccccc1)c1ccccc12. The van der Waals surface area contributed by atoms with Crippen LogP contribution >= 0.6 is 23.4 Å². The number of rotatable bonds is 3. The summed E-state index contributed by atoms with van der Waals surface area (Å²) in [7, 11) is 0. The molecule has 30 heavy (non-hydrogen) atoms. The highest BCUT2D eigenvalue weighted by molar-refractivity contribution is 8.01. The van der Waals surface area contributed by atoms with E-state index in [0.717, 1.165) is 16.8 Å². The number of thioether (sulfide) groups is 1. The normalized spacial score (nSPS) is 20.1. The van der Waals surface area contributed by atoms with E-state index in [1.54, 1.807) is 34.1 Å². The molecule has 0 aliphatic carbocycles. The fourth-order valence-corrected chi connectivity index (χ4v) is 5.92. The molecule has 2 aliphatic rings. The molecule has 1 fully saturated rings. The predicted octanol–water partition coefficient (Wildman–Crippen LogP) is 4.93. The van der Waals surface area contributed by atoms with Crippen LogP contribution in [0.3, 0.4) is 0 Å². The summed E-state index contributed by atoms with van der Waals surface area (Å²) in [5.41, 5.74) is 3.29.